The molecule has 0 atom stereocenters. The molecule has 0 aliphatic carbocycles. The number of piperazine rings is 1. The van der Waals surface area contributed by atoms with Crippen molar-refractivity contribution in [2.75, 3.05) is 38.1 Å². The molecule has 6 nitrogen and oxygen atoms in total. The molecule has 1 aliphatic heterocycles. The van der Waals surface area contributed by atoms with E-state index in [-0.39, 0.29) is 0 Å². The van der Waals surface area contributed by atoms with Crippen molar-refractivity contribution in [3.63, 3.8) is 0 Å². The van der Waals surface area contributed by atoms with E-state index in [4.69, 9.17) is 4.42 Å². The molecule has 0 radical (unpaired) electrons. The van der Waals surface area contributed by atoms with Crippen LogP contribution in [0.1, 0.15) is 5.56 Å². The maximum atomic E-state index is 5.71. The molecule has 1 fully saturated rings. The van der Waals surface area contributed by atoms with E-state index < -0.39 is 0 Å². The Morgan fingerprint density at radius 1 is 1.11 bits per heavy atom. The quantitative estimate of drug-likeness (QED) is 0.807. The van der Waals surface area contributed by atoms with Crippen LogP contribution in [0.5, 0.6) is 0 Å². The standard InChI is InChI=1S/C13H17N5O/c1-10-3-4-11(14-9-10)12-15-16-13(19-12)18-7-5-17(2)6-8-18/h3-4,9H,5-8H2,1-2H3. The lowest BCUT2D eigenvalue weighted by atomic mass is 10.3. The van der Waals surface area contributed by atoms with Crippen molar-refractivity contribution in [1.29, 1.82) is 0 Å². The van der Waals surface area contributed by atoms with Gasteiger partial charge in [-0.2, -0.15) is 0 Å². The van der Waals surface area contributed by atoms with E-state index in [2.05, 4.69) is 32.0 Å². The third kappa shape index (κ3) is 2.58. The minimum Gasteiger partial charge on any atom is -0.402 e. The number of hydrogen-bond donors (Lipinski definition) is 0. The molecular formula is C13H17N5O. The zero-order valence-corrected chi connectivity index (χ0v) is 11.2. The normalized spacial score (nSPS) is 16.8. The Bertz CT molecular complexity index is 542. The van der Waals surface area contributed by atoms with Crippen molar-refractivity contribution in [1.82, 2.24) is 20.1 Å². The smallest absolute Gasteiger partial charge is 0.318 e. The SMILES string of the molecule is Cc1ccc(-c2nnc(N3CCN(C)CC3)o2)nc1. The summed E-state index contributed by atoms with van der Waals surface area (Å²) in [5.41, 5.74) is 1.83. The van der Waals surface area contributed by atoms with Gasteiger partial charge >= 0.3 is 6.01 Å². The minimum atomic E-state index is 0.480. The average Bonchev–Trinajstić information content (AvgIpc) is 2.90. The summed E-state index contributed by atoms with van der Waals surface area (Å²) in [5.74, 6) is 0.480. The summed E-state index contributed by atoms with van der Waals surface area (Å²) in [6, 6.07) is 4.48. The molecule has 1 saturated heterocycles. The van der Waals surface area contributed by atoms with Crippen molar-refractivity contribution < 1.29 is 4.42 Å². The highest BCUT2D eigenvalue weighted by atomic mass is 16.4. The van der Waals surface area contributed by atoms with Gasteiger partial charge in [-0.3, -0.25) is 4.98 Å². The molecule has 6 heteroatoms. The zero-order valence-electron chi connectivity index (χ0n) is 11.2. The summed E-state index contributed by atoms with van der Waals surface area (Å²) in [6.07, 6.45) is 1.80. The first-order valence-electron chi connectivity index (χ1n) is 6.42. The Morgan fingerprint density at radius 3 is 2.58 bits per heavy atom. The number of nitrogens with zero attached hydrogens (tertiary/aromatic N) is 5. The highest BCUT2D eigenvalue weighted by Crippen LogP contribution is 2.21. The van der Waals surface area contributed by atoms with Crippen LogP contribution in [0.3, 0.4) is 0 Å². The fraction of sp³-hybridized carbons (Fsp3) is 0.462. The van der Waals surface area contributed by atoms with Gasteiger partial charge in [0, 0.05) is 32.4 Å². The van der Waals surface area contributed by atoms with E-state index in [1.807, 2.05) is 19.1 Å². The number of aromatic nitrogens is 3. The number of likely N-dealkylation sites (N-methyl/N-ethyl adjacent to an activating group) is 1. The first-order chi connectivity index (χ1) is 9.22. The molecule has 0 bridgehead atoms. The van der Waals surface area contributed by atoms with Crippen LogP contribution in [0.4, 0.5) is 6.01 Å². The van der Waals surface area contributed by atoms with Crippen LogP contribution in [-0.2, 0) is 0 Å². The van der Waals surface area contributed by atoms with E-state index in [1.54, 1.807) is 6.20 Å². The van der Waals surface area contributed by atoms with Gasteiger partial charge < -0.3 is 14.2 Å². The van der Waals surface area contributed by atoms with Crippen LogP contribution in [0, 0.1) is 6.92 Å². The zero-order chi connectivity index (χ0) is 13.2. The third-order valence-electron chi connectivity index (χ3n) is 3.32. The Balaban J connectivity index is 1.77. The van der Waals surface area contributed by atoms with Crippen LogP contribution in [0.25, 0.3) is 11.6 Å². The van der Waals surface area contributed by atoms with Crippen molar-refractivity contribution in [3.05, 3.63) is 23.9 Å². The Kier molecular flexibility index (Phi) is 3.16. The predicted molar refractivity (Wildman–Crippen MR) is 72.0 cm³/mol. The van der Waals surface area contributed by atoms with Gasteiger partial charge in [-0.05, 0) is 25.6 Å². The fourth-order valence-electron chi connectivity index (χ4n) is 2.04. The van der Waals surface area contributed by atoms with Gasteiger partial charge in [-0.15, -0.1) is 5.10 Å². The van der Waals surface area contributed by atoms with Gasteiger partial charge in [0.15, 0.2) is 0 Å². The first-order valence-corrected chi connectivity index (χ1v) is 6.42. The predicted octanol–water partition coefficient (Wildman–Crippen LogP) is 1.19. The van der Waals surface area contributed by atoms with Gasteiger partial charge in [0.05, 0.1) is 0 Å². The summed E-state index contributed by atoms with van der Waals surface area (Å²) < 4.78 is 5.71. The van der Waals surface area contributed by atoms with E-state index in [9.17, 15) is 0 Å². The number of aryl methyl sites for hydroxylation is 1. The van der Waals surface area contributed by atoms with Crippen LogP contribution in [0.15, 0.2) is 22.7 Å². The molecule has 0 amide bonds. The van der Waals surface area contributed by atoms with Crippen LogP contribution in [0.2, 0.25) is 0 Å². The second-order valence-corrected chi connectivity index (χ2v) is 4.90. The highest BCUT2D eigenvalue weighted by molar-refractivity contribution is 5.47. The van der Waals surface area contributed by atoms with Crippen molar-refractivity contribution in [2.24, 2.45) is 0 Å². The molecular weight excluding hydrogens is 242 g/mol. The van der Waals surface area contributed by atoms with E-state index >= 15 is 0 Å². The Morgan fingerprint density at radius 2 is 1.89 bits per heavy atom. The first kappa shape index (κ1) is 12.1. The molecule has 100 valence electrons. The molecule has 2 aromatic rings. The lowest BCUT2D eigenvalue weighted by molar-refractivity contribution is 0.305. The Hall–Kier alpha value is -1.95. The molecule has 1 aliphatic rings. The number of rotatable bonds is 2. The van der Waals surface area contributed by atoms with E-state index in [1.165, 1.54) is 0 Å². The third-order valence-corrected chi connectivity index (χ3v) is 3.32. The maximum Gasteiger partial charge on any atom is 0.318 e. The summed E-state index contributed by atoms with van der Waals surface area (Å²) in [7, 11) is 2.12. The fourth-order valence-corrected chi connectivity index (χ4v) is 2.04. The number of anilines is 1. The molecule has 0 spiro atoms. The largest absolute Gasteiger partial charge is 0.402 e. The minimum absolute atomic E-state index is 0.480. The summed E-state index contributed by atoms with van der Waals surface area (Å²) >= 11 is 0. The Labute approximate surface area is 112 Å². The second-order valence-electron chi connectivity index (χ2n) is 4.90. The van der Waals surface area contributed by atoms with Crippen LogP contribution in [-0.4, -0.2) is 53.3 Å². The van der Waals surface area contributed by atoms with E-state index in [0.29, 0.717) is 11.9 Å². The van der Waals surface area contributed by atoms with Crippen molar-refractivity contribution in [3.8, 4) is 11.6 Å². The summed E-state index contributed by atoms with van der Waals surface area (Å²) in [4.78, 5) is 8.70. The average molecular weight is 259 g/mol. The van der Waals surface area contributed by atoms with Gasteiger partial charge in [0.2, 0.25) is 0 Å². The van der Waals surface area contributed by atoms with Gasteiger partial charge in [0.1, 0.15) is 5.69 Å². The molecule has 2 aromatic heterocycles. The van der Waals surface area contributed by atoms with Gasteiger partial charge in [0.25, 0.3) is 5.89 Å². The van der Waals surface area contributed by atoms with Crippen molar-refractivity contribution >= 4 is 6.01 Å². The van der Waals surface area contributed by atoms with Crippen molar-refractivity contribution in [2.45, 2.75) is 6.92 Å². The van der Waals surface area contributed by atoms with Gasteiger partial charge in [-0.25, -0.2) is 0 Å². The molecule has 0 saturated carbocycles. The highest BCUT2D eigenvalue weighted by Gasteiger charge is 2.20. The summed E-state index contributed by atoms with van der Waals surface area (Å²) in [5, 5.41) is 8.19. The second kappa shape index (κ2) is 4.97. The van der Waals surface area contributed by atoms with Gasteiger partial charge in [-0.1, -0.05) is 11.2 Å². The monoisotopic (exact) mass is 259 g/mol. The maximum absolute atomic E-state index is 5.71. The number of pyridine rings is 1. The molecule has 3 rings (SSSR count). The molecule has 0 aromatic carbocycles. The topological polar surface area (TPSA) is 58.3 Å². The lowest BCUT2D eigenvalue weighted by Crippen LogP contribution is -2.44. The number of hydrogen-bond acceptors (Lipinski definition) is 6. The van der Waals surface area contributed by atoms with E-state index in [0.717, 1.165) is 37.4 Å². The summed E-state index contributed by atoms with van der Waals surface area (Å²) in [6.45, 7) is 5.86. The van der Waals surface area contributed by atoms with Crippen LogP contribution >= 0.6 is 0 Å². The molecule has 19 heavy (non-hydrogen) atoms. The lowest BCUT2D eigenvalue weighted by Gasteiger charge is -2.30. The molecule has 3 heterocycles. The molecule has 0 N–H and O–H groups in total. The molecule has 0 unspecified atom stereocenters. The van der Waals surface area contributed by atoms with Crippen LogP contribution < -0.4 is 4.90 Å².